The van der Waals surface area contributed by atoms with Gasteiger partial charge in [0.15, 0.2) is 11.5 Å². The summed E-state index contributed by atoms with van der Waals surface area (Å²) in [6, 6.07) is 5.32. The average molecular weight is 362 g/mol. The van der Waals surface area contributed by atoms with Crippen LogP contribution >= 0.6 is 0 Å². The van der Waals surface area contributed by atoms with Crippen molar-refractivity contribution in [2.24, 2.45) is 11.8 Å². The Balaban J connectivity index is 1.84. The number of hydrogen-bond acceptors (Lipinski definition) is 4. The van der Waals surface area contributed by atoms with E-state index in [1.807, 2.05) is 0 Å². The van der Waals surface area contributed by atoms with E-state index in [9.17, 15) is 9.59 Å². The molecule has 1 aromatic carbocycles. The first kappa shape index (κ1) is 20.1. The Kier molecular flexibility index (Phi) is 7.75. The highest BCUT2D eigenvalue weighted by atomic mass is 16.5. The number of unbranched alkanes of at least 4 members (excludes halogenated alkanes) is 1. The first-order chi connectivity index (χ1) is 12.6. The molecule has 6 nitrogen and oxygen atoms in total. The molecule has 0 spiro atoms. The molecule has 26 heavy (non-hydrogen) atoms. The van der Waals surface area contributed by atoms with Gasteiger partial charge in [0.25, 0.3) is 0 Å². The van der Waals surface area contributed by atoms with E-state index in [1.54, 1.807) is 32.4 Å². The monoisotopic (exact) mass is 362 g/mol. The number of carbonyl (C=O) groups excluding carboxylic acids is 2. The molecule has 0 saturated heterocycles. The van der Waals surface area contributed by atoms with Gasteiger partial charge in [0, 0.05) is 30.1 Å². The summed E-state index contributed by atoms with van der Waals surface area (Å²) in [7, 11) is 3.14. The van der Waals surface area contributed by atoms with Crippen molar-refractivity contribution in [3.05, 3.63) is 18.2 Å². The Morgan fingerprint density at radius 1 is 1.00 bits per heavy atom. The zero-order valence-electron chi connectivity index (χ0n) is 16.0. The van der Waals surface area contributed by atoms with Crippen molar-refractivity contribution >= 4 is 17.5 Å². The van der Waals surface area contributed by atoms with Gasteiger partial charge in [0.05, 0.1) is 14.2 Å². The highest BCUT2D eigenvalue weighted by Gasteiger charge is 2.29. The standard InChI is InChI=1S/C20H30N2O4/c1-4-5-12-21-19(23)14-6-8-15(9-7-14)20(24)22-16-10-11-17(25-2)18(13-16)26-3/h10-11,13-15H,4-9,12H2,1-3H3,(H,21,23)(H,22,24). The molecule has 0 unspecified atom stereocenters. The molecule has 0 atom stereocenters. The van der Waals surface area contributed by atoms with Crippen molar-refractivity contribution in [1.29, 1.82) is 0 Å². The lowest BCUT2D eigenvalue weighted by atomic mass is 9.81. The summed E-state index contributed by atoms with van der Waals surface area (Å²) in [6.07, 6.45) is 5.10. The zero-order valence-corrected chi connectivity index (χ0v) is 16.0. The molecule has 0 bridgehead atoms. The average Bonchev–Trinajstić information content (AvgIpc) is 2.68. The molecule has 2 rings (SSSR count). The first-order valence-corrected chi connectivity index (χ1v) is 9.39. The number of rotatable bonds is 8. The van der Waals surface area contributed by atoms with Crippen LogP contribution in [0.25, 0.3) is 0 Å². The van der Waals surface area contributed by atoms with Gasteiger partial charge < -0.3 is 20.1 Å². The molecular formula is C20H30N2O4. The van der Waals surface area contributed by atoms with Crippen LogP contribution in [-0.2, 0) is 9.59 Å². The molecule has 0 radical (unpaired) electrons. The lowest BCUT2D eigenvalue weighted by Gasteiger charge is -2.27. The minimum absolute atomic E-state index is 0.00191. The third-order valence-corrected chi connectivity index (χ3v) is 4.95. The molecular weight excluding hydrogens is 332 g/mol. The topological polar surface area (TPSA) is 76.7 Å². The van der Waals surface area contributed by atoms with E-state index in [0.29, 0.717) is 17.2 Å². The van der Waals surface area contributed by atoms with Crippen LogP contribution in [0.5, 0.6) is 11.5 Å². The summed E-state index contributed by atoms with van der Waals surface area (Å²) in [5.74, 6) is 1.33. The van der Waals surface area contributed by atoms with Crippen LogP contribution in [0.4, 0.5) is 5.69 Å². The quantitative estimate of drug-likeness (QED) is 0.695. The third kappa shape index (κ3) is 5.38. The maximum absolute atomic E-state index is 12.5. The molecule has 1 fully saturated rings. The van der Waals surface area contributed by atoms with Gasteiger partial charge in [-0.3, -0.25) is 9.59 Å². The summed E-state index contributed by atoms with van der Waals surface area (Å²) in [6.45, 7) is 2.85. The summed E-state index contributed by atoms with van der Waals surface area (Å²) in [5, 5.41) is 5.94. The van der Waals surface area contributed by atoms with Crippen LogP contribution in [0.1, 0.15) is 45.4 Å². The van der Waals surface area contributed by atoms with Gasteiger partial charge >= 0.3 is 0 Å². The first-order valence-electron chi connectivity index (χ1n) is 9.39. The Hall–Kier alpha value is -2.24. The van der Waals surface area contributed by atoms with Gasteiger partial charge in [0.2, 0.25) is 11.8 Å². The van der Waals surface area contributed by atoms with Gasteiger partial charge in [-0.05, 0) is 44.2 Å². The molecule has 2 amide bonds. The Bertz CT molecular complexity index is 610. The van der Waals surface area contributed by atoms with Crippen molar-refractivity contribution in [3.63, 3.8) is 0 Å². The fourth-order valence-corrected chi connectivity index (χ4v) is 3.31. The number of carbonyl (C=O) groups is 2. The number of anilines is 1. The summed E-state index contributed by atoms with van der Waals surface area (Å²) in [4.78, 5) is 24.7. The number of hydrogen-bond donors (Lipinski definition) is 2. The third-order valence-electron chi connectivity index (χ3n) is 4.95. The van der Waals surface area contributed by atoms with Crippen molar-refractivity contribution in [2.45, 2.75) is 45.4 Å². The van der Waals surface area contributed by atoms with Gasteiger partial charge in [0.1, 0.15) is 0 Å². The molecule has 1 aromatic rings. The van der Waals surface area contributed by atoms with Crippen molar-refractivity contribution in [2.75, 3.05) is 26.1 Å². The van der Waals surface area contributed by atoms with E-state index in [-0.39, 0.29) is 23.7 Å². The lowest BCUT2D eigenvalue weighted by Crippen LogP contribution is -2.35. The summed E-state index contributed by atoms with van der Waals surface area (Å²) >= 11 is 0. The highest BCUT2D eigenvalue weighted by Crippen LogP contribution is 2.32. The van der Waals surface area contributed by atoms with E-state index in [0.717, 1.165) is 45.1 Å². The summed E-state index contributed by atoms with van der Waals surface area (Å²) in [5.41, 5.74) is 0.687. The van der Waals surface area contributed by atoms with Crippen molar-refractivity contribution in [3.8, 4) is 11.5 Å². The number of amides is 2. The molecule has 0 heterocycles. The molecule has 2 N–H and O–H groups in total. The van der Waals surface area contributed by atoms with E-state index >= 15 is 0 Å². The van der Waals surface area contributed by atoms with Crippen LogP contribution in [-0.4, -0.2) is 32.6 Å². The maximum atomic E-state index is 12.5. The van der Waals surface area contributed by atoms with Crippen LogP contribution in [0, 0.1) is 11.8 Å². The molecule has 144 valence electrons. The van der Waals surface area contributed by atoms with Crippen LogP contribution in [0.15, 0.2) is 18.2 Å². The minimum Gasteiger partial charge on any atom is -0.493 e. The van der Waals surface area contributed by atoms with Crippen LogP contribution in [0.2, 0.25) is 0 Å². The predicted molar refractivity (Wildman–Crippen MR) is 102 cm³/mol. The number of nitrogens with one attached hydrogen (secondary N) is 2. The Morgan fingerprint density at radius 3 is 2.19 bits per heavy atom. The van der Waals surface area contributed by atoms with E-state index < -0.39 is 0 Å². The largest absolute Gasteiger partial charge is 0.493 e. The minimum atomic E-state index is -0.0530. The predicted octanol–water partition coefficient (Wildman–Crippen LogP) is 3.37. The fourth-order valence-electron chi connectivity index (χ4n) is 3.31. The highest BCUT2D eigenvalue weighted by molar-refractivity contribution is 5.93. The molecule has 1 saturated carbocycles. The van der Waals surface area contributed by atoms with Gasteiger partial charge in [-0.25, -0.2) is 0 Å². The Morgan fingerprint density at radius 2 is 1.62 bits per heavy atom. The molecule has 6 heteroatoms. The molecule has 0 aromatic heterocycles. The second-order valence-electron chi connectivity index (χ2n) is 6.75. The van der Waals surface area contributed by atoms with E-state index in [4.69, 9.17) is 9.47 Å². The number of ether oxygens (including phenoxy) is 2. The Labute approximate surface area is 155 Å². The zero-order chi connectivity index (χ0) is 18.9. The fraction of sp³-hybridized carbons (Fsp3) is 0.600. The van der Waals surface area contributed by atoms with Crippen molar-refractivity contribution in [1.82, 2.24) is 5.32 Å². The van der Waals surface area contributed by atoms with Crippen molar-refractivity contribution < 1.29 is 19.1 Å². The van der Waals surface area contributed by atoms with Gasteiger partial charge in [-0.2, -0.15) is 0 Å². The van der Waals surface area contributed by atoms with Crippen LogP contribution in [0.3, 0.4) is 0 Å². The lowest BCUT2D eigenvalue weighted by molar-refractivity contribution is -0.128. The second kappa shape index (κ2) is 10.0. The second-order valence-corrected chi connectivity index (χ2v) is 6.75. The van der Waals surface area contributed by atoms with Gasteiger partial charge in [-0.15, -0.1) is 0 Å². The number of benzene rings is 1. The van der Waals surface area contributed by atoms with Crippen LogP contribution < -0.4 is 20.1 Å². The summed E-state index contributed by atoms with van der Waals surface area (Å²) < 4.78 is 10.5. The van der Waals surface area contributed by atoms with E-state index in [1.165, 1.54) is 0 Å². The SMILES string of the molecule is CCCCNC(=O)C1CCC(C(=O)Nc2ccc(OC)c(OC)c2)CC1. The van der Waals surface area contributed by atoms with E-state index in [2.05, 4.69) is 17.6 Å². The molecule has 1 aliphatic rings. The number of methoxy groups -OCH3 is 2. The smallest absolute Gasteiger partial charge is 0.227 e. The van der Waals surface area contributed by atoms with Gasteiger partial charge in [-0.1, -0.05) is 13.3 Å². The molecule has 1 aliphatic carbocycles. The molecule has 0 aliphatic heterocycles. The maximum Gasteiger partial charge on any atom is 0.227 e. The normalized spacial score (nSPS) is 19.5.